The van der Waals surface area contributed by atoms with Crippen LogP contribution in [0.4, 0.5) is 20.4 Å². The summed E-state index contributed by atoms with van der Waals surface area (Å²) in [7, 11) is 2.58. The van der Waals surface area contributed by atoms with Gasteiger partial charge in [0, 0.05) is 24.5 Å². The molecule has 2 aliphatic rings. The number of nitrogens with zero attached hydrogens (tertiary/aromatic N) is 4. The summed E-state index contributed by atoms with van der Waals surface area (Å²) in [6, 6.07) is 2.81. The van der Waals surface area contributed by atoms with E-state index in [0.29, 0.717) is 35.8 Å². The number of methoxy groups -OCH3 is 2. The van der Waals surface area contributed by atoms with E-state index in [4.69, 9.17) is 19.9 Å². The summed E-state index contributed by atoms with van der Waals surface area (Å²) in [4.78, 5) is 15.0. The van der Waals surface area contributed by atoms with Gasteiger partial charge in [-0.05, 0) is 6.07 Å². The summed E-state index contributed by atoms with van der Waals surface area (Å²) in [5.41, 5.74) is 5.98. The lowest BCUT2D eigenvalue weighted by Gasteiger charge is -2.55. The molecule has 2 aromatic heterocycles. The third kappa shape index (κ3) is 2.71. The second-order valence-corrected chi connectivity index (χ2v) is 7.63. The fourth-order valence-electron chi connectivity index (χ4n) is 3.95. The molecule has 2 aliphatic heterocycles. The molecule has 30 heavy (non-hydrogen) atoms. The van der Waals surface area contributed by atoms with E-state index in [0.717, 1.165) is 19.2 Å². The summed E-state index contributed by atoms with van der Waals surface area (Å²) in [5.74, 6) is -1.42. The number of fused-ring (bicyclic) bond motifs is 1. The molecule has 0 amide bonds. The van der Waals surface area contributed by atoms with Gasteiger partial charge in [0.25, 0.3) is 0 Å². The first kappa shape index (κ1) is 18.7. The number of aromatic nitrogens is 3. The van der Waals surface area contributed by atoms with E-state index in [1.807, 2.05) is 4.90 Å². The lowest BCUT2D eigenvalue weighted by Crippen LogP contribution is -2.66. The third-order valence-corrected chi connectivity index (χ3v) is 5.55. The van der Waals surface area contributed by atoms with Crippen LogP contribution in [0.2, 0.25) is 0 Å². The Balaban J connectivity index is 1.70. The van der Waals surface area contributed by atoms with Gasteiger partial charge < -0.3 is 24.8 Å². The Hall–Kier alpha value is -3.27. The van der Waals surface area contributed by atoms with Crippen molar-refractivity contribution >= 4 is 22.5 Å². The predicted octanol–water partition coefficient (Wildman–Crippen LogP) is 2.41. The van der Waals surface area contributed by atoms with Crippen molar-refractivity contribution in [2.24, 2.45) is 5.41 Å². The molecule has 0 unspecified atom stereocenters. The van der Waals surface area contributed by atoms with Crippen molar-refractivity contribution in [3.05, 3.63) is 30.0 Å². The Morgan fingerprint density at radius 1 is 1.07 bits per heavy atom. The van der Waals surface area contributed by atoms with Crippen LogP contribution in [0, 0.1) is 17.0 Å². The molecule has 0 bridgehead atoms. The maximum absolute atomic E-state index is 15.0. The van der Waals surface area contributed by atoms with Gasteiger partial charge >= 0.3 is 0 Å². The molecule has 0 aliphatic carbocycles. The SMILES string of the molecule is COc1cc(OC)c(F)c(-c2nc(N3CC4(COC4)C3)c3cc(N)ncc3n2)c1F. The van der Waals surface area contributed by atoms with Crippen LogP contribution in [0.1, 0.15) is 0 Å². The van der Waals surface area contributed by atoms with Gasteiger partial charge in [0.15, 0.2) is 29.0 Å². The normalized spacial score (nSPS) is 17.0. The fraction of sp³-hybridized carbons (Fsp3) is 0.350. The number of anilines is 2. The Morgan fingerprint density at radius 2 is 1.73 bits per heavy atom. The number of hydrogen-bond donors (Lipinski definition) is 1. The van der Waals surface area contributed by atoms with Crippen molar-refractivity contribution < 1.29 is 23.0 Å². The minimum Gasteiger partial charge on any atom is -0.494 e. The van der Waals surface area contributed by atoms with Crippen molar-refractivity contribution in [2.45, 2.75) is 0 Å². The van der Waals surface area contributed by atoms with E-state index >= 15 is 8.78 Å². The molecule has 2 saturated heterocycles. The summed E-state index contributed by atoms with van der Waals surface area (Å²) in [5, 5.41) is 0.664. The molecule has 156 valence electrons. The van der Waals surface area contributed by atoms with E-state index in [-0.39, 0.29) is 22.7 Å². The summed E-state index contributed by atoms with van der Waals surface area (Å²) in [6.45, 7) is 2.85. The van der Waals surface area contributed by atoms with Crippen molar-refractivity contribution in [1.82, 2.24) is 15.0 Å². The first-order valence-electron chi connectivity index (χ1n) is 9.31. The zero-order valence-electron chi connectivity index (χ0n) is 16.4. The standard InChI is InChI=1S/C20H19F2N5O3/c1-28-12-4-13(29-2)17(22)15(16(12)21)18-25-11-5-24-14(23)3-10(11)19(26-18)27-6-20(7-27)8-30-9-20/h3-5H,6-9H2,1-2H3,(H2,23,24). The quantitative estimate of drug-likeness (QED) is 0.694. The molecular formula is C20H19F2N5O3. The van der Waals surface area contributed by atoms with Gasteiger partial charge in [0.2, 0.25) is 0 Å². The molecule has 0 radical (unpaired) electrons. The van der Waals surface area contributed by atoms with E-state index < -0.39 is 17.2 Å². The zero-order chi connectivity index (χ0) is 21.0. The average molecular weight is 415 g/mol. The van der Waals surface area contributed by atoms with Crippen LogP contribution < -0.4 is 20.1 Å². The predicted molar refractivity (Wildman–Crippen MR) is 106 cm³/mol. The first-order valence-corrected chi connectivity index (χ1v) is 9.31. The number of pyridine rings is 1. The molecular weight excluding hydrogens is 396 g/mol. The topological polar surface area (TPSA) is 95.6 Å². The second-order valence-electron chi connectivity index (χ2n) is 7.63. The van der Waals surface area contributed by atoms with Crippen molar-refractivity contribution in [1.29, 1.82) is 0 Å². The molecule has 0 atom stereocenters. The van der Waals surface area contributed by atoms with Gasteiger partial charge in [-0.15, -0.1) is 0 Å². The van der Waals surface area contributed by atoms with Crippen LogP contribution in [-0.4, -0.2) is 55.5 Å². The van der Waals surface area contributed by atoms with Gasteiger partial charge in [-0.2, -0.15) is 0 Å². The molecule has 2 fully saturated rings. The molecule has 10 heteroatoms. The van der Waals surface area contributed by atoms with Crippen LogP contribution in [0.15, 0.2) is 18.3 Å². The Kier molecular flexibility index (Phi) is 4.14. The van der Waals surface area contributed by atoms with E-state index in [2.05, 4.69) is 15.0 Å². The van der Waals surface area contributed by atoms with E-state index in [9.17, 15) is 0 Å². The van der Waals surface area contributed by atoms with Crippen LogP contribution in [0.25, 0.3) is 22.3 Å². The minimum atomic E-state index is -0.906. The van der Waals surface area contributed by atoms with Crippen molar-refractivity contribution in [3.8, 4) is 22.9 Å². The molecule has 5 rings (SSSR count). The number of ether oxygens (including phenoxy) is 3. The Labute approximate surface area is 170 Å². The second kappa shape index (κ2) is 6.63. The number of rotatable bonds is 4. The van der Waals surface area contributed by atoms with Crippen LogP contribution in [0.3, 0.4) is 0 Å². The Morgan fingerprint density at radius 3 is 2.30 bits per heavy atom. The Bertz CT molecular complexity index is 1130. The highest BCUT2D eigenvalue weighted by Gasteiger charge is 2.50. The van der Waals surface area contributed by atoms with Gasteiger partial charge in [0.1, 0.15) is 11.6 Å². The largest absolute Gasteiger partial charge is 0.494 e. The van der Waals surface area contributed by atoms with Gasteiger partial charge in [-0.25, -0.2) is 23.7 Å². The fourth-order valence-corrected chi connectivity index (χ4v) is 3.95. The average Bonchev–Trinajstić information content (AvgIpc) is 2.66. The highest BCUT2D eigenvalue weighted by Crippen LogP contribution is 2.43. The zero-order valence-corrected chi connectivity index (χ0v) is 16.4. The molecule has 4 heterocycles. The lowest BCUT2D eigenvalue weighted by molar-refractivity contribution is -0.127. The number of hydrogen-bond acceptors (Lipinski definition) is 8. The maximum Gasteiger partial charge on any atom is 0.179 e. The monoisotopic (exact) mass is 415 g/mol. The van der Waals surface area contributed by atoms with Crippen molar-refractivity contribution in [3.63, 3.8) is 0 Å². The molecule has 1 aromatic carbocycles. The summed E-state index contributed by atoms with van der Waals surface area (Å²) < 4.78 is 45.5. The number of halogens is 2. The molecule has 3 aromatic rings. The van der Waals surface area contributed by atoms with Gasteiger partial charge in [-0.1, -0.05) is 0 Å². The smallest absolute Gasteiger partial charge is 0.179 e. The van der Waals surface area contributed by atoms with E-state index in [1.165, 1.54) is 20.4 Å². The van der Waals surface area contributed by atoms with Crippen LogP contribution >= 0.6 is 0 Å². The molecule has 2 N–H and O–H groups in total. The molecule has 0 saturated carbocycles. The number of nitrogens with two attached hydrogens (primary N) is 1. The summed E-state index contributed by atoms with van der Waals surface area (Å²) in [6.07, 6.45) is 1.47. The molecule has 8 nitrogen and oxygen atoms in total. The number of nitrogen functional groups attached to an aromatic ring is 1. The van der Waals surface area contributed by atoms with Crippen LogP contribution in [0.5, 0.6) is 11.5 Å². The van der Waals surface area contributed by atoms with Crippen molar-refractivity contribution in [2.75, 3.05) is 51.2 Å². The van der Waals surface area contributed by atoms with Crippen LogP contribution in [-0.2, 0) is 4.74 Å². The van der Waals surface area contributed by atoms with Gasteiger partial charge in [-0.3, -0.25) is 0 Å². The lowest BCUT2D eigenvalue weighted by atomic mass is 9.78. The minimum absolute atomic E-state index is 0.117. The maximum atomic E-state index is 15.0. The highest BCUT2D eigenvalue weighted by atomic mass is 19.1. The molecule has 1 spiro atoms. The van der Waals surface area contributed by atoms with Gasteiger partial charge in [0.05, 0.1) is 50.1 Å². The summed E-state index contributed by atoms with van der Waals surface area (Å²) >= 11 is 0. The third-order valence-electron chi connectivity index (χ3n) is 5.55. The first-order chi connectivity index (χ1) is 14.4. The highest BCUT2D eigenvalue weighted by molar-refractivity contribution is 5.92. The van der Waals surface area contributed by atoms with E-state index in [1.54, 1.807) is 6.07 Å². The number of benzene rings is 1.